The Hall–Kier alpha value is -0.840. The number of carbonyl (C=O) groups is 1. The Balaban J connectivity index is 2.35. The minimum atomic E-state index is -0.0590. The Morgan fingerprint density at radius 3 is 2.67 bits per heavy atom. The molecule has 0 aliphatic heterocycles. The Labute approximate surface area is 122 Å². The van der Waals surface area contributed by atoms with Crippen molar-refractivity contribution in [2.24, 2.45) is 5.73 Å². The molecule has 1 rings (SSSR count). The molecule has 6 heteroatoms. The zero-order valence-corrected chi connectivity index (χ0v) is 12.0. The van der Waals surface area contributed by atoms with Crippen LogP contribution in [0.1, 0.15) is 18.4 Å². The summed E-state index contributed by atoms with van der Waals surface area (Å²) in [5.41, 5.74) is 6.19. The van der Waals surface area contributed by atoms with Crippen LogP contribution < -0.4 is 11.1 Å². The number of nitrogens with two attached hydrogens (primary N) is 1. The third-order valence-corrected chi connectivity index (χ3v) is 3.21. The molecule has 0 radical (unpaired) electrons. The van der Waals surface area contributed by atoms with Crippen molar-refractivity contribution in [3.8, 4) is 0 Å². The van der Waals surface area contributed by atoms with Crippen LogP contribution in [0.5, 0.6) is 0 Å². The van der Waals surface area contributed by atoms with E-state index in [1.807, 2.05) is 0 Å². The summed E-state index contributed by atoms with van der Waals surface area (Å²) in [5, 5.41) is 3.73. The van der Waals surface area contributed by atoms with E-state index in [0.717, 1.165) is 12.0 Å². The lowest BCUT2D eigenvalue weighted by atomic mass is 10.1. The highest BCUT2D eigenvalue weighted by Gasteiger charge is 2.05. The summed E-state index contributed by atoms with van der Waals surface area (Å²) in [4.78, 5) is 12.1. The molecule has 0 unspecified atom stereocenters. The molecule has 18 heavy (non-hydrogen) atoms. The summed E-state index contributed by atoms with van der Waals surface area (Å²) in [6.45, 7) is 0.567. The van der Waals surface area contributed by atoms with E-state index in [1.165, 1.54) is 0 Å². The zero-order valence-electron chi connectivity index (χ0n) is 9.71. The van der Waals surface area contributed by atoms with Crippen molar-refractivity contribution in [1.29, 1.82) is 0 Å². The molecule has 0 fully saturated rings. The van der Waals surface area contributed by atoms with Crippen LogP contribution in [0.25, 0.3) is 0 Å². The normalized spacial score (nSPS) is 10.1. The van der Waals surface area contributed by atoms with Crippen molar-refractivity contribution in [2.45, 2.75) is 19.3 Å². The van der Waals surface area contributed by atoms with Crippen LogP contribution in [0.2, 0.25) is 10.0 Å². The first-order chi connectivity index (χ1) is 8.49. The second-order valence-corrected chi connectivity index (χ2v) is 5.18. The van der Waals surface area contributed by atoms with Gasteiger partial charge in [-0.25, -0.2) is 0 Å². The van der Waals surface area contributed by atoms with Gasteiger partial charge in [0.05, 0.1) is 21.5 Å². The second kappa shape index (κ2) is 7.56. The van der Waals surface area contributed by atoms with Crippen molar-refractivity contribution in [1.82, 2.24) is 5.32 Å². The molecule has 3 N–H and O–H groups in total. The maximum Gasteiger partial charge on any atom is 0.224 e. The van der Waals surface area contributed by atoms with Crippen molar-refractivity contribution < 1.29 is 4.79 Å². The fourth-order valence-electron chi connectivity index (χ4n) is 1.39. The summed E-state index contributed by atoms with van der Waals surface area (Å²) in [6, 6.07) is 5.15. The SMILES string of the molecule is NC(=S)CCCNC(=O)Cc1ccc(Cl)c(Cl)c1. The lowest BCUT2D eigenvalue weighted by molar-refractivity contribution is -0.120. The number of amides is 1. The predicted octanol–water partition coefficient (Wildman–Crippen LogP) is 2.72. The van der Waals surface area contributed by atoms with Crippen molar-refractivity contribution in [3.63, 3.8) is 0 Å². The summed E-state index contributed by atoms with van der Waals surface area (Å²) >= 11 is 16.4. The topological polar surface area (TPSA) is 55.1 Å². The van der Waals surface area contributed by atoms with Crippen molar-refractivity contribution in [2.75, 3.05) is 6.54 Å². The Morgan fingerprint density at radius 1 is 1.33 bits per heavy atom. The van der Waals surface area contributed by atoms with Gasteiger partial charge in [0.15, 0.2) is 0 Å². The lowest BCUT2D eigenvalue weighted by Gasteiger charge is -2.05. The lowest BCUT2D eigenvalue weighted by Crippen LogP contribution is -2.26. The largest absolute Gasteiger partial charge is 0.393 e. The van der Waals surface area contributed by atoms with Gasteiger partial charge in [0.2, 0.25) is 5.91 Å². The van der Waals surface area contributed by atoms with Crippen molar-refractivity contribution >= 4 is 46.3 Å². The fraction of sp³-hybridized carbons (Fsp3) is 0.333. The van der Waals surface area contributed by atoms with Gasteiger partial charge in [-0.2, -0.15) is 0 Å². The molecule has 0 bridgehead atoms. The highest BCUT2D eigenvalue weighted by molar-refractivity contribution is 7.80. The molecule has 0 aliphatic rings. The van der Waals surface area contributed by atoms with Gasteiger partial charge in [0.25, 0.3) is 0 Å². The summed E-state index contributed by atoms with van der Waals surface area (Å²) in [5.74, 6) is -0.0590. The molecular formula is C12H14Cl2N2OS. The smallest absolute Gasteiger partial charge is 0.224 e. The monoisotopic (exact) mass is 304 g/mol. The highest BCUT2D eigenvalue weighted by atomic mass is 35.5. The van der Waals surface area contributed by atoms with Gasteiger partial charge in [-0.1, -0.05) is 41.5 Å². The van der Waals surface area contributed by atoms with Gasteiger partial charge in [-0.3, -0.25) is 4.79 Å². The Morgan fingerprint density at radius 2 is 2.06 bits per heavy atom. The minimum Gasteiger partial charge on any atom is -0.393 e. The van der Waals surface area contributed by atoms with E-state index in [1.54, 1.807) is 18.2 Å². The molecule has 0 spiro atoms. The molecule has 0 aromatic heterocycles. The standard InChI is InChI=1S/C12H14Cl2N2OS/c13-9-4-3-8(6-10(9)14)7-12(17)16-5-1-2-11(15)18/h3-4,6H,1-2,5,7H2,(H2,15,18)(H,16,17). The number of thiocarbonyl (C=S) groups is 1. The van der Waals surface area contributed by atoms with Crippen LogP contribution in [0.3, 0.4) is 0 Å². The van der Waals surface area contributed by atoms with Crippen LogP contribution in [0.4, 0.5) is 0 Å². The molecule has 0 heterocycles. The first kappa shape index (κ1) is 15.2. The molecule has 0 atom stereocenters. The molecule has 1 amide bonds. The molecule has 1 aromatic rings. The van der Waals surface area contributed by atoms with Gasteiger partial charge in [0.1, 0.15) is 0 Å². The molecule has 0 aliphatic carbocycles. The fourth-order valence-corrected chi connectivity index (χ4v) is 1.85. The van der Waals surface area contributed by atoms with Gasteiger partial charge in [-0.15, -0.1) is 0 Å². The maximum absolute atomic E-state index is 11.6. The van der Waals surface area contributed by atoms with E-state index in [0.29, 0.717) is 28.0 Å². The third-order valence-electron chi connectivity index (χ3n) is 2.27. The van der Waals surface area contributed by atoms with E-state index in [2.05, 4.69) is 5.32 Å². The number of hydrogen-bond donors (Lipinski definition) is 2. The van der Waals surface area contributed by atoms with Crippen LogP contribution in [0.15, 0.2) is 18.2 Å². The number of hydrogen-bond acceptors (Lipinski definition) is 2. The maximum atomic E-state index is 11.6. The summed E-state index contributed by atoms with van der Waals surface area (Å²) in [7, 11) is 0. The molecular weight excluding hydrogens is 291 g/mol. The number of halogens is 2. The van der Waals surface area contributed by atoms with E-state index >= 15 is 0 Å². The van der Waals surface area contributed by atoms with E-state index in [9.17, 15) is 4.79 Å². The Kier molecular flexibility index (Phi) is 6.39. The average Bonchev–Trinajstić information content (AvgIpc) is 2.29. The van der Waals surface area contributed by atoms with Crippen LogP contribution >= 0.6 is 35.4 Å². The van der Waals surface area contributed by atoms with Crippen LogP contribution in [-0.2, 0) is 11.2 Å². The number of benzene rings is 1. The summed E-state index contributed by atoms with van der Waals surface area (Å²) in [6.07, 6.45) is 1.68. The van der Waals surface area contributed by atoms with Crippen LogP contribution in [0, 0.1) is 0 Å². The van der Waals surface area contributed by atoms with Crippen molar-refractivity contribution in [3.05, 3.63) is 33.8 Å². The number of rotatable bonds is 6. The first-order valence-electron chi connectivity index (χ1n) is 5.48. The molecule has 98 valence electrons. The second-order valence-electron chi connectivity index (χ2n) is 3.85. The first-order valence-corrected chi connectivity index (χ1v) is 6.64. The number of carbonyl (C=O) groups excluding carboxylic acids is 1. The van der Waals surface area contributed by atoms with Gasteiger partial charge < -0.3 is 11.1 Å². The van der Waals surface area contributed by atoms with Gasteiger partial charge in [0, 0.05) is 6.54 Å². The van der Waals surface area contributed by atoms with E-state index in [4.69, 9.17) is 41.2 Å². The van der Waals surface area contributed by atoms with E-state index < -0.39 is 0 Å². The molecule has 3 nitrogen and oxygen atoms in total. The minimum absolute atomic E-state index is 0.0590. The average molecular weight is 305 g/mol. The summed E-state index contributed by atoms with van der Waals surface area (Å²) < 4.78 is 0. The molecule has 0 saturated carbocycles. The van der Waals surface area contributed by atoms with Gasteiger partial charge >= 0.3 is 0 Å². The quantitative estimate of drug-likeness (QED) is 0.627. The zero-order chi connectivity index (χ0) is 13.5. The highest BCUT2D eigenvalue weighted by Crippen LogP contribution is 2.22. The molecule has 0 saturated heterocycles. The van der Waals surface area contributed by atoms with E-state index in [-0.39, 0.29) is 12.3 Å². The molecule has 1 aromatic carbocycles. The predicted molar refractivity (Wildman–Crippen MR) is 79.2 cm³/mol. The number of nitrogens with one attached hydrogen (secondary N) is 1. The van der Waals surface area contributed by atoms with Crippen LogP contribution in [-0.4, -0.2) is 17.4 Å². The third kappa shape index (κ3) is 5.67. The Bertz CT molecular complexity index is 452. The van der Waals surface area contributed by atoms with Gasteiger partial charge in [-0.05, 0) is 30.5 Å².